The molecule has 0 bridgehead atoms. The fourth-order valence-corrected chi connectivity index (χ4v) is 10.4. The molecule has 0 amide bonds. The SMILES string of the molecule is CC1(C)C(=O)C(C#N)=C[C@]2(C)C3=CC(=O)[C@@H]4[C@@H]5C[C@@](C)(c6nnc(N)o6)CC[C@]5(C)CC[C@@]4(C)[C@]3(C)CCC12. The third kappa shape index (κ3) is 3.15. The Bertz CT molecular complexity index is 1400. The van der Waals surface area contributed by atoms with E-state index in [1.165, 1.54) is 0 Å². The summed E-state index contributed by atoms with van der Waals surface area (Å²) in [6, 6.07) is 2.28. The van der Waals surface area contributed by atoms with Gasteiger partial charge < -0.3 is 10.2 Å². The Labute approximate surface area is 231 Å². The smallest absolute Gasteiger partial charge is 0.312 e. The Kier molecular flexibility index (Phi) is 5.23. The maximum absolute atomic E-state index is 14.5. The summed E-state index contributed by atoms with van der Waals surface area (Å²) in [4.78, 5) is 27.7. The lowest BCUT2D eigenvalue weighted by Crippen LogP contribution is -2.64. The van der Waals surface area contributed by atoms with Crippen LogP contribution in [-0.4, -0.2) is 21.8 Å². The minimum atomic E-state index is -0.653. The molecule has 0 aromatic carbocycles. The van der Waals surface area contributed by atoms with E-state index in [9.17, 15) is 14.9 Å². The van der Waals surface area contributed by atoms with Crippen LogP contribution in [0.2, 0.25) is 0 Å². The Hall–Kier alpha value is -2.75. The number of nitrogen functional groups attached to an aromatic ring is 1. The molecule has 1 aromatic heterocycles. The number of rotatable bonds is 1. The van der Waals surface area contributed by atoms with Gasteiger partial charge in [0.05, 0.1) is 5.57 Å². The highest BCUT2D eigenvalue weighted by Gasteiger charge is 2.69. The van der Waals surface area contributed by atoms with Gasteiger partial charge in [-0.25, -0.2) is 0 Å². The van der Waals surface area contributed by atoms with E-state index < -0.39 is 10.8 Å². The highest BCUT2D eigenvalue weighted by atomic mass is 16.4. The quantitative estimate of drug-likeness (QED) is 0.464. The molecule has 0 aliphatic heterocycles. The Morgan fingerprint density at radius 1 is 1.00 bits per heavy atom. The van der Waals surface area contributed by atoms with Gasteiger partial charge in [0.1, 0.15) is 6.07 Å². The normalized spacial score (nSPS) is 46.6. The number of nitrogens with zero attached hydrogens (tertiary/aromatic N) is 3. The molecule has 7 heteroatoms. The number of carbonyl (C=O) groups is 2. The van der Waals surface area contributed by atoms with Gasteiger partial charge in [0, 0.05) is 22.2 Å². The molecule has 1 unspecified atom stereocenters. The van der Waals surface area contributed by atoms with Crippen molar-refractivity contribution in [1.82, 2.24) is 10.2 Å². The second-order valence-corrected chi connectivity index (χ2v) is 15.3. The van der Waals surface area contributed by atoms with E-state index in [0.717, 1.165) is 50.5 Å². The van der Waals surface area contributed by atoms with Gasteiger partial charge in [0.25, 0.3) is 0 Å². The molecule has 39 heavy (non-hydrogen) atoms. The van der Waals surface area contributed by atoms with Crippen LogP contribution >= 0.6 is 0 Å². The number of fused-ring (bicyclic) bond motifs is 7. The molecule has 0 saturated heterocycles. The Morgan fingerprint density at radius 3 is 2.33 bits per heavy atom. The van der Waals surface area contributed by atoms with Crippen LogP contribution in [0.5, 0.6) is 0 Å². The van der Waals surface area contributed by atoms with Crippen LogP contribution in [0, 0.1) is 56.2 Å². The lowest BCUT2D eigenvalue weighted by Gasteiger charge is -2.69. The molecule has 7 nitrogen and oxygen atoms in total. The van der Waals surface area contributed by atoms with Crippen molar-refractivity contribution >= 4 is 17.6 Å². The maximum atomic E-state index is 14.5. The van der Waals surface area contributed by atoms with Crippen molar-refractivity contribution in [1.29, 1.82) is 5.26 Å². The predicted molar refractivity (Wildman–Crippen MR) is 147 cm³/mol. The van der Waals surface area contributed by atoms with Crippen LogP contribution in [-0.2, 0) is 15.0 Å². The van der Waals surface area contributed by atoms with Crippen molar-refractivity contribution in [3.05, 3.63) is 29.2 Å². The van der Waals surface area contributed by atoms with Gasteiger partial charge in [0.15, 0.2) is 11.6 Å². The molecule has 208 valence electrons. The average molecular weight is 531 g/mol. The van der Waals surface area contributed by atoms with E-state index in [4.69, 9.17) is 10.2 Å². The van der Waals surface area contributed by atoms with E-state index in [2.05, 4.69) is 50.9 Å². The molecule has 5 aliphatic carbocycles. The van der Waals surface area contributed by atoms with Gasteiger partial charge in [-0.05, 0) is 79.1 Å². The monoisotopic (exact) mass is 530 g/mol. The van der Waals surface area contributed by atoms with Crippen LogP contribution < -0.4 is 5.73 Å². The summed E-state index contributed by atoms with van der Waals surface area (Å²) in [6.07, 6.45) is 10.5. The summed E-state index contributed by atoms with van der Waals surface area (Å²) in [6.45, 7) is 15.4. The number of allylic oxidation sites excluding steroid dienone is 4. The second-order valence-electron chi connectivity index (χ2n) is 15.3. The van der Waals surface area contributed by atoms with Crippen LogP contribution in [0.3, 0.4) is 0 Å². The minimum absolute atomic E-state index is 0.0525. The standard InChI is InChI=1S/C32H42N4O3/c1-27(2)21-8-9-31(6)22(30(21,5)15-18(17-33)24(27)38)14-20(37)23-19-16-29(4,25-35-36-26(34)39-25)11-10-28(19,3)12-13-32(23,31)7/h14-15,19,21,23H,8-13,16H2,1-7H3,(H2,34,36)/t19-,21?,23-,28+,29-,30-,31+,32+/m0/s1. The third-order valence-corrected chi connectivity index (χ3v) is 13.0. The number of Topliss-reactive ketones (excluding diaryl/α,β-unsaturated/α-hetero) is 1. The predicted octanol–water partition coefficient (Wildman–Crippen LogP) is 6.12. The number of carbonyl (C=O) groups excluding carboxylic acids is 2. The number of ketones is 2. The average Bonchev–Trinajstić information content (AvgIpc) is 3.31. The zero-order valence-corrected chi connectivity index (χ0v) is 24.5. The van der Waals surface area contributed by atoms with Gasteiger partial charge in [-0.15, -0.1) is 5.10 Å². The van der Waals surface area contributed by atoms with Crippen molar-refractivity contribution in [2.45, 2.75) is 98.8 Å². The van der Waals surface area contributed by atoms with E-state index in [1.807, 2.05) is 26.0 Å². The van der Waals surface area contributed by atoms with Crippen LogP contribution in [0.25, 0.3) is 0 Å². The van der Waals surface area contributed by atoms with Crippen LogP contribution in [0.1, 0.15) is 99.3 Å². The largest absolute Gasteiger partial charge is 0.408 e. The van der Waals surface area contributed by atoms with Gasteiger partial charge >= 0.3 is 6.01 Å². The fourth-order valence-electron chi connectivity index (χ4n) is 10.4. The first-order valence-corrected chi connectivity index (χ1v) is 14.6. The summed E-state index contributed by atoms with van der Waals surface area (Å²) >= 11 is 0. The zero-order valence-electron chi connectivity index (χ0n) is 24.5. The molecule has 0 spiro atoms. The van der Waals surface area contributed by atoms with Gasteiger partial charge in [-0.1, -0.05) is 65.2 Å². The fraction of sp³-hybridized carbons (Fsp3) is 0.719. The summed E-state index contributed by atoms with van der Waals surface area (Å²) in [5, 5.41) is 18.1. The molecule has 3 saturated carbocycles. The topological polar surface area (TPSA) is 123 Å². The first kappa shape index (κ1) is 26.5. The van der Waals surface area contributed by atoms with E-state index in [-0.39, 0.29) is 62.6 Å². The van der Waals surface area contributed by atoms with E-state index >= 15 is 0 Å². The molecule has 6 rings (SSSR count). The third-order valence-electron chi connectivity index (χ3n) is 13.0. The van der Waals surface area contributed by atoms with Crippen molar-refractivity contribution < 1.29 is 14.0 Å². The zero-order chi connectivity index (χ0) is 28.4. The van der Waals surface area contributed by atoms with E-state index in [0.29, 0.717) is 5.89 Å². The Balaban J connectivity index is 1.48. The van der Waals surface area contributed by atoms with Crippen molar-refractivity contribution in [2.75, 3.05) is 5.73 Å². The van der Waals surface area contributed by atoms with Gasteiger partial charge in [-0.2, -0.15) is 5.26 Å². The summed E-state index contributed by atoms with van der Waals surface area (Å²) in [5.41, 5.74) is 5.32. The Morgan fingerprint density at radius 2 is 1.69 bits per heavy atom. The molecule has 5 aliphatic rings. The molecule has 1 heterocycles. The molecule has 0 radical (unpaired) electrons. The van der Waals surface area contributed by atoms with Crippen LogP contribution in [0.15, 0.2) is 27.7 Å². The van der Waals surface area contributed by atoms with Crippen molar-refractivity contribution in [3.63, 3.8) is 0 Å². The number of aromatic nitrogens is 2. The highest BCUT2D eigenvalue weighted by molar-refractivity contribution is 6.04. The summed E-state index contributed by atoms with van der Waals surface area (Å²) in [5.74, 6) is 0.847. The first-order chi connectivity index (χ1) is 18.1. The highest BCUT2D eigenvalue weighted by Crippen LogP contribution is 2.74. The summed E-state index contributed by atoms with van der Waals surface area (Å²) in [7, 11) is 0. The van der Waals surface area contributed by atoms with Crippen molar-refractivity contribution in [2.24, 2.45) is 44.8 Å². The second kappa shape index (κ2) is 7.71. The number of nitrogens with two attached hydrogens (primary N) is 1. The molecule has 1 aromatic rings. The molecular weight excluding hydrogens is 488 g/mol. The maximum Gasteiger partial charge on any atom is 0.312 e. The number of hydrogen-bond acceptors (Lipinski definition) is 7. The first-order valence-electron chi connectivity index (χ1n) is 14.6. The minimum Gasteiger partial charge on any atom is -0.408 e. The van der Waals surface area contributed by atoms with Crippen molar-refractivity contribution in [3.8, 4) is 6.07 Å². The van der Waals surface area contributed by atoms with E-state index in [1.54, 1.807) is 0 Å². The van der Waals surface area contributed by atoms with Gasteiger partial charge in [0.2, 0.25) is 5.89 Å². The molecule has 2 N–H and O–H groups in total. The molecule has 8 atom stereocenters. The summed E-state index contributed by atoms with van der Waals surface area (Å²) < 4.78 is 5.75. The molecular formula is C32H42N4O3. The number of anilines is 1. The number of nitriles is 1. The lowest BCUT2D eigenvalue weighted by atomic mass is 9.34. The number of hydrogen-bond donors (Lipinski definition) is 1. The van der Waals surface area contributed by atoms with Crippen LogP contribution in [0.4, 0.5) is 6.01 Å². The van der Waals surface area contributed by atoms with Gasteiger partial charge in [-0.3, -0.25) is 9.59 Å². The molecule has 3 fully saturated rings. The lowest BCUT2D eigenvalue weighted by molar-refractivity contribution is -0.166.